The smallest absolute Gasteiger partial charge is 0.255 e. The second-order valence-corrected chi connectivity index (χ2v) is 9.48. The van der Waals surface area contributed by atoms with E-state index in [1.807, 2.05) is 0 Å². The van der Waals surface area contributed by atoms with Crippen LogP contribution in [0.5, 0.6) is 11.5 Å². The van der Waals surface area contributed by atoms with Gasteiger partial charge in [-0.1, -0.05) is 66.7 Å². The Kier molecular flexibility index (Phi) is 8.64. The number of carbonyl (C=O) groups is 2. The van der Waals surface area contributed by atoms with E-state index in [2.05, 4.69) is 12.2 Å². The van der Waals surface area contributed by atoms with Crippen molar-refractivity contribution >= 4 is 63.1 Å². The number of carbonyl (C=O) groups excluding carboxylic acids is 2. The molecule has 0 aliphatic heterocycles. The van der Waals surface area contributed by atoms with Crippen molar-refractivity contribution in [1.29, 1.82) is 0 Å². The molecule has 37 heavy (non-hydrogen) atoms. The van der Waals surface area contributed by atoms with Crippen LogP contribution in [0.3, 0.4) is 0 Å². The van der Waals surface area contributed by atoms with Gasteiger partial charge in [0.15, 0.2) is 11.5 Å². The van der Waals surface area contributed by atoms with Crippen LogP contribution in [0.4, 0.5) is 5.69 Å². The lowest BCUT2D eigenvalue weighted by Gasteiger charge is -2.12. The van der Waals surface area contributed by atoms with Gasteiger partial charge in [0.25, 0.3) is 5.91 Å². The Morgan fingerprint density at radius 1 is 0.919 bits per heavy atom. The molecular formula is C28H24Cl3NO5. The number of rotatable bonds is 10. The van der Waals surface area contributed by atoms with E-state index in [9.17, 15) is 9.59 Å². The third kappa shape index (κ3) is 5.87. The molecule has 0 radical (unpaired) electrons. The highest BCUT2D eigenvalue weighted by molar-refractivity contribution is 6.38. The molecule has 1 heterocycles. The molecule has 1 aromatic heterocycles. The molecule has 0 spiro atoms. The predicted octanol–water partition coefficient (Wildman–Crippen LogP) is 8.45. The number of fused-ring (bicyclic) bond motifs is 1. The summed E-state index contributed by atoms with van der Waals surface area (Å²) < 4.78 is 16.8. The standard InChI is InChI=1S/C28H24Cl3NO5/c1-3-4-7-12-36-26-20(30)14-17(15-21(26)31)28(34)32-24-18-8-5-6-9-22(18)37-27(24)25(33)16-10-11-23(35-2)19(29)13-16/h5-6,8-11,13-15H,3-4,7,12H2,1-2H3,(H,32,34). The van der Waals surface area contributed by atoms with Gasteiger partial charge in [-0.2, -0.15) is 0 Å². The van der Waals surface area contributed by atoms with Crippen LogP contribution in [0, 0.1) is 0 Å². The Bertz CT molecular complexity index is 1440. The first kappa shape index (κ1) is 26.9. The summed E-state index contributed by atoms with van der Waals surface area (Å²) in [5, 5.41) is 4.07. The highest BCUT2D eigenvalue weighted by Crippen LogP contribution is 2.37. The topological polar surface area (TPSA) is 77.8 Å². The average molecular weight is 561 g/mol. The van der Waals surface area contributed by atoms with E-state index in [0.717, 1.165) is 19.3 Å². The molecule has 0 aliphatic carbocycles. The number of methoxy groups -OCH3 is 1. The van der Waals surface area contributed by atoms with Gasteiger partial charge in [0.1, 0.15) is 11.3 Å². The van der Waals surface area contributed by atoms with Crippen molar-refractivity contribution < 1.29 is 23.5 Å². The third-order valence-corrected chi connectivity index (χ3v) is 6.57. The Morgan fingerprint density at radius 2 is 1.62 bits per heavy atom. The lowest BCUT2D eigenvalue weighted by atomic mass is 10.1. The second kappa shape index (κ2) is 11.9. The summed E-state index contributed by atoms with van der Waals surface area (Å²) in [7, 11) is 1.49. The fraction of sp³-hybridized carbons (Fsp3) is 0.214. The minimum atomic E-state index is -0.519. The van der Waals surface area contributed by atoms with Crippen LogP contribution < -0.4 is 14.8 Å². The van der Waals surface area contributed by atoms with Gasteiger partial charge in [-0.15, -0.1) is 0 Å². The molecule has 0 atom stereocenters. The minimum absolute atomic E-state index is 0.0381. The fourth-order valence-corrected chi connectivity index (χ4v) is 4.66. The first-order valence-electron chi connectivity index (χ1n) is 11.7. The van der Waals surface area contributed by atoms with Gasteiger partial charge in [0.2, 0.25) is 5.78 Å². The van der Waals surface area contributed by atoms with Crippen LogP contribution >= 0.6 is 34.8 Å². The number of anilines is 1. The molecule has 192 valence electrons. The third-order valence-electron chi connectivity index (χ3n) is 5.71. The fourth-order valence-electron chi connectivity index (χ4n) is 3.81. The highest BCUT2D eigenvalue weighted by Gasteiger charge is 2.25. The molecule has 0 bridgehead atoms. The lowest BCUT2D eigenvalue weighted by molar-refractivity contribution is 0.101. The van der Waals surface area contributed by atoms with E-state index in [4.69, 9.17) is 48.7 Å². The number of halogens is 3. The number of hydrogen-bond acceptors (Lipinski definition) is 5. The summed E-state index contributed by atoms with van der Waals surface area (Å²) in [6.45, 7) is 2.57. The summed E-state index contributed by atoms with van der Waals surface area (Å²) in [5.41, 5.74) is 1.14. The van der Waals surface area contributed by atoms with Gasteiger partial charge in [-0.3, -0.25) is 9.59 Å². The largest absolute Gasteiger partial charge is 0.495 e. The SMILES string of the molecule is CCCCCOc1c(Cl)cc(C(=O)Nc2c(C(=O)c3ccc(OC)c(Cl)c3)oc3ccccc23)cc1Cl. The molecule has 0 fully saturated rings. The molecule has 9 heteroatoms. The van der Waals surface area contributed by atoms with Gasteiger partial charge in [0, 0.05) is 16.5 Å². The number of hydrogen-bond donors (Lipinski definition) is 1. The van der Waals surface area contributed by atoms with Crippen molar-refractivity contribution in [2.75, 3.05) is 19.0 Å². The summed E-state index contributed by atoms with van der Waals surface area (Å²) in [6.07, 6.45) is 2.95. The van der Waals surface area contributed by atoms with Crippen LogP contribution in [-0.4, -0.2) is 25.4 Å². The Balaban J connectivity index is 1.65. The van der Waals surface area contributed by atoms with Gasteiger partial charge in [-0.05, 0) is 48.9 Å². The summed E-state index contributed by atoms with van der Waals surface area (Å²) in [4.78, 5) is 26.7. The summed E-state index contributed by atoms with van der Waals surface area (Å²) >= 11 is 19.0. The van der Waals surface area contributed by atoms with E-state index in [1.54, 1.807) is 36.4 Å². The lowest BCUT2D eigenvalue weighted by Crippen LogP contribution is -2.14. The maximum atomic E-state index is 13.4. The maximum Gasteiger partial charge on any atom is 0.255 e. The monoisotopic (exact) mass is 559 g/mol. The Labute approximate surface area is 229 Å². The van der Waals surface area contributed by atoms with E-state index in [-0.39, 0.29) is 37.6 Å². The number of amides is 1. The number of nitrogens with one attached hydrogen (secondary N) is 1. The quantitative estimate of drug-likeness (QED) is 0.155. The van der Waals surface area contributed by atoms with E-state index >= 15 is 0 Å². The normalized spacial score (nSPS) is 10.9. The molecular weight excluding hydrogens is 537 g/mol. The van der Waals surface area contributed by atoms with Crippen molar-refractivity contribution in [1.82, 2.24) is 0 Å². The zero-order valence-corrected chi connectivity index (χ0v) is 22.5. The summed E-state index contributed by atoms with van der Waals surface area (Å²) in [6, 6.07) is 14.6. The molecule has 1 N–H and O–H groups in total. The number of para-hydroxylation sites is 1. The van der Waals surface area contributed by atoms with Crippen molar-refractivity contribution in [3.8, 4) is 11.5 Å². The van der Waals surface area contributed by atoms with Crippen molar-refractivity contribution in [2.45, 2.75) is 26.2 Å². The van der Waals surface area contributed by atoms with Crippen molar-refractivity contribution in [3.63, 3.8) is 0 Å². The van der Waals surface area contributed by atoms with Gasteiger partial charge < -0.3 is 19.2 Å². The molecule has 0 saturated carbocycles. The second-order valence-electron chi connectivity index (χ2n) is 8.26. The number of benzene rings is 3. The van der Waals surface area contributed by atoms with Crippen LogP contribution in [-0.2, 0) is 0 Å². The highest BCUT2D eigenvalue weighted by atomic mass is 35.5. The number of furan rings is 1. The van der Waals surface area contributed by atoms with Crippen LogP contribution in [0.25, 0.3) is 11.0 Å². The van der Waals surface area contributed by atoms with Gasteiger partial charge in [-0.25, -0.2) is 0 Å². The van der Waals surface area contributed by atoms with Gasteiger partial charge in [0.05, 0.1) is 34.5 Å². The predicted molar refractivity (Wildman–Crippen MR) is 147 cm³/mol. The number of unbranched alkanes of at least 4 members (excludes halogenated alkanes) is 2. The Hall–Kier alpha value is -3.19. The molecule has 6 nitrogen and oxygen atoms in total. The zero-order chi connectivity index (χ0) is 26.5. The van der Waals surface area contributed by atoms with E-state index in [1.165, 1.54) is 25.3 Å². The van der Waals surface area contributed by atoms with Crippen LogP contribution in [0.15, 0.2) is 59.0 Å². The Morgan fingerprint density at radius 3 is 2.30 bits per heavy atom. The maximum absolute atomic E-state index is 13.4. The van der Waals surface area contributed by atoms with E-state index < -0.39 is 11.7 Å². The number of ether oxygens (including phenoxy) is 2. The molecule has 3 aromatic carbocycles. The molecule has 0 aliphatic rings. The average Bonchev–Trinajstić information content (AvgIpc) is 3.25. The first-order chi connectivity index (χ1) is 17.8. The first-order valence-corrected chi connectivity index (χ1v) is 12.8. The van der Waals surface area contributed by atoms with Gasteiger partial charge >= 0.3 is 0 Å². The minimum Gasteiger partial charge on any atom is -0.495 e. The molecule has 1 amide bonds. The van der Waals surface area contributed by atoms with Crippen molar-refractivity contribution in [3.05, 3.63) is 86.6 Å². The molecule has 4 rings (SSSR count). The molecule has 4 aromatic rings. The number of ketones is 1. The van der Waals surface area contributed by atoms with E-state index in [0.29, 0.717) is 29.1 Å². The zero-order valence-electron chi connectivity index (χ0n) is 20.2. The summed E-state index contributed by atoms with van der Waals surface area (Å²) in [5.74, 6) is -0.249. The van der Waals surface area contributed by atoms with Crippen molar-refractivity contribution in [2.24, 2.45) is 0 Å². The molecule has 0 saturated heterocycles. The molecule has 0 unspecified atom stereocenters. The van der Waals surface area contributed by atoms with Crippen LogP contribution in [0.2, 0.25) is 15.1 Å². The van der Waals surface area contributed by atoms with Crippen LogP contribution in [0.1, 0.15) is 52.7 Å².